The number of amides is 2. The molecule has 1 saturated heterocycles. The van der Waals surface area contributed by atoms with Gasteiger partial charge in [-0.2, -0.15) is 0 Å². The van der Waals surface area contributed by atoms with Gasteiger partial charge in [0, 0.05) is 43.2 Å². The highest BCUT2D eigenvalue weighted by molar-refractivity contribution is 5.96. The van der Waals surface area contributed by atoms with Crippen LogP contribution in [0.4, 0.5) is 11.4 Å². The van der Waals surface area contributed by atoms with Crippen molar-refractivity contribution in [1.82, 2.24) is 4.90 Å². The summed E-state index contributed by atoms with van der Waals surface area (Å²) in [6.45, 7) is 1.89. The zero-order valence-electron chi connectivity index (χ0n) is 19.9. The first-order valence-corrected chi connectivity index (χ1v) is 11.8. The Balaban J connectivity index is 1.27. The van der Waals surface area contributed by atoms with Crippen LogP contribution in [-0.4, -0.2) is 49.6 Å². The van der Waals surface area contributed by atoms with E-state index in [1.165, 1.54) is 0 Å². The third kappa shape index (κ3) is 7.32. The number of carbonyl (C=O) groups excluding carboxylic acids is 2. The van der Waals surface area contributed by atoms with Crippen LogP contribution in [-0.2, 0) is 16.1 Å². The van der Waals surface area contributed by atoms with E-state index in [4.69, 9.17) is 9.47 Å². The lowest BCUT2D eigenvalue weighted by Crippen LogP contribution is -2.26. The molecule has 35 heavy (non-hydrogen) atoms. The first-order valence-electron chi connectivity index (χ1n) is 11.8. The van der Waals surface area contributed by atoms with Crippen LogP contribution in [0.25, 0.3) is 0 Å². The lowest BCUT2D eigenvalue weighted by molar-refractivity contribution is -0.114. The normalized spacial score (nSPS) is 14.8. The molecule has 0 aliphatic carbocycles. The lowest BCUT2D eigenvalue weighted by atomic mass is 10.1. The molecule has 2 N–H and O–H groups in total. The van der Waals surface area contributed by atoms with E-state index in [9.17, 15) is 9.59 Å². The molecule has 3 aromatic rings. The van der Waals surface area contributed by atoms with Crippen LogP contribution in [0.5, 0.6) is 5.75 Å². The second-order valence-electron chi connectivity index (χ2n) is 8.60. The Hall–Kier alpha value is -3.84. The van der Waals surface area contributed by atoms with Gasteiger partial charge >= 0.3 is 0 Å². The Morgan fingerprint density at radius 1 is 1.00 bits per heavy atom. The standard InChI is InChI=1S/C28H31N3O4/c1-31(19-21-8-3-2-4-9-21)28(33)22-10-5-11-23(16-22)29-18-27(32)30-24-12-6-13-25(17-24)35-20-26-14-7-15-34-26/h2-6,8-13,16-17,26,29H,7,14-15,18-20H2,1H3,(H,30,32). The van der Waals surface area contributed by atoms with Crippen LogP contribution in [0.3, 0.4) is 0 Å². The Morgan fingerprint density at radius 3 is 2.60 bits per heavy atom. The number of benzene rings is 3. The molecule has 1 aliphatic heterocycles. The molecule has 3 aromatic carbocycles. The molecular formula is C28H31N3O4. The fraction of sp³-hybridized carbons (Fsp3) is 0.286. The molecule has 1 fully saturated rings. The molecule has 1 heterocycles. The fourth-order valence-corrected chi connectivity index (χ4v) is 3.93. The van der Waals surface area contributed by atoms with Crippen molar-refractivity contribution in [2.75, 3.05) is 37.4 Å². The van der Waals surface area contributed by atoms with Gasteiger partial charge in [0.1, 0.15) is 12.4 Å². The number of hydrogen-bond acceptors (Lipinski definition) is 5. The predicted molar refractivity (Wildman–Crippen MR) is 137 cm³/mol. The number of nitrogens with zero attached hydrogens (tertiary/aromatic N) is 1. The molecule has 182 valence electrons. The molecule has 0 saturated carbocycles. The Morgan fingerprint density at radius 2 is 1.80 bits per heavy atom. The molecule has 0 aromatic heterocycles. The summed E-state index contributed by atoms with van der Waals surface area (Å²) in [7, 11) is 1.78. The van der Waals surface area contributed by atoms with Gasteiger partial charge in [0.15, 0.2) is 0 Å². The summed E-state index contributed by atoms with van der Waals surface area (Å²) in [5.74, 6) is 0.415. The second kappa shape index (κ2) is 12.0. The third-order valence-corrected chi connectivity index (χ3v) is 5.75. The van der Waals surface area contributed by atoms with Gasteiger partial charge < -0.3 is 25.0 Å². The maximum Gasteiger partial charge on any atom is 0.253 e. The molecule has 1 atom stereocenters. The van der Waals surface area contributed by atoms with Crippen molar-refractivity contribution in [3.05, 3.63) is 90.0 Å². The van der Waals surface area contributed by atoms with E-state index in [-0.39, 0.29) is 24.5 Å². The van der Waals surface area contributed by atoms with Gasteiger partial charge in [0.2, 0.25) is 5.91 Å². The van der Waals surface area contributed by atoms with Gasteiger partial charge in [-0.15, -0.1) is 0 Å². The third-order valence-electron chi connectivity index (χ3n) is 5.75. The summed E-state index contributed by atoms with van der Waals surface area (Å²) >= 11 is 0. The van der Waals surface area contributed by atoms with E-state index in [0.29, 0.717) is 35.8 Å². The van der Waals surface area contributed by atoms with Crippen LogP contribution >= 0.6 is 0 Å². The summed E-state index contributed by atoms with van der Waals surface area (Å²) in [5, 5.41) is 5.97. The fourth-order valence-electron chi connectivity index (χ4n) is 3.93. The molecule has 7 heteroatoms. The van der Waals surface area contributed by atoms with Gasteiger partial charge in [-0.25, -0.2) is 0 Å². The summed E-state index contributed by atoms with van der Waals surface area (Å²) in [6, 6.07) is 24.3. The highest BCUT2D eigenvalue weighted by atomic mass is 16.5. The Bertz CT molecular complexity index is 1130. The second-order valence-corrected chi connectivity index (χ2v) is 8.60. The van der Waals surface area contributed by atoms with Gasteiger partial charge in [-0.1, -0.05) is 42.5 Å². The van der Waals surface area contributed by atoms with E-state index < -0.39 is 0 Å². The van der Waals surface area contributed by atoms with Crippen molar-refractivity contribution in [3.8, 4) is 5.75 Å². The number of carbonyl (C=O) groups is 2. The van der Waals surface area contributed by atoms with Crippen LogP contribution in [0.1, 0.15) is 28.8 Å². The minimum absolute atomic E-state index is 0.0680. The minimum atomic E-state index is -0.195. The van der Waals surface area contributed by atoms with Crippen molar-refractivity contribution < 1.29 is 19.1 Å². The molecule has 1 unspecified atom stereocenters. The zero-order chi connectivity index (χ0) is 24.5. The smallest absolute Gasteiger partial charge is 0.253 e. The highest BCUT2D eigenvalue weighted by Crippen LogP contribution is 2.20. The highest BCUT2D eigenvalue weighted by Gasteiger charge is 2.16. The van der Waals surface area contributed by atoms with Gasteiger partial charge in [0.25, 0.3) is 5.91 Å². The molecule has 0 spiro atoms. The number of rotatable bonds is 10. The lowest BCUT2D eigenvalue weighted by Gasteiger charge is -2.18. The topological polar surface area (TPSA) is 79.9 Å². The van der Waals surface area contributed by atoms with Crippen molar-refractivity contribution in [2.24, 2.45) is 0 Å². The van der Waals surface area contributed by atoms with Crippen molar-refractivity contribution >= 4 is 23.2 Å². The van der Waals surface area contributed by atoms with Gasteiger partial charge in [-0.05, 0) is 48.7 Å². The zero-order valence-corrected chi connectivity index (χ0v) is 19.9. The van der Waals surface area contributed by atoms with E-state index in [1.807, 2.05) is 54.6 Å². The number of hydrogen-bond donors (Lipinski definition) is 2. The van der Waals surface area contributed by atoms with Crippen LogP contribution < -0.4 is 15.4 Å². The number of nitrogens with one attached hydrogen (secondary N) is 2. The minimum Gasteiger partial charge on any atom is -0.491 e. The maximum absolute atomic E-state index is 12.8. The molecule has 4 rings (SSSR count). The molecule has 2 amide bonds. The summed E-state index contributed by atoms with van der Waals surface area (Å²) in [4.78, 5) is 27.0. The molecule has 0 radical (unpaired) electrons. The van der Waals surface area contributed by atoms with E-state index >= 15 is 0 Å². The number of anilines is 2. The quantitative estimate of drug-likeness (QED) is 0.451. The Kier molecular flexibility index (Phi) is 8.35. The molecular weight excluding hydrogens is 442 g/mol. The van der Waals surface area contributed by atoms with Gasteiger partial charge in [-0.3, -0.25) is 9.59 Å². The largest absolute Gasteiger partial charge is 0.491 e. The summed E-state index contributed by atoms with van der Waals surface area (Å²) < 4.78 is 11.4. The van der Waals surface area contributed by atoms with E-state index in [2.05, 4.69) is 10.6 Å². The first kappa shape index (κ1) is 24.3. The SMILES string of the molecule is CN(Cc1ccccc1)C(=O)c1cccc(NCC(=O)Nc2cccc(OCC3CCCO3)c2)c1. The first-order chi connectivity index (χ1) is 17.1. The summed E-state index contributed by atoms with van der Waals surface area (Å²) in [6.07, 6.45) is 2.22. The van der Waals surface area contributed by atoms with Gasteiger partial charge in [0.05, 0.1) is 12.6 Å². The average molecular weight is 474 g/mol. The van der Waals surface area contributed by atoms with Crippen LogP contribution in [0.15, 0.2) is 78.9 Å². The molecule has 7 nitrogen and oxygen atoms in total. The van der Waals surface area contributed by atoms with Crippen LogP contribution in [0, 0.1) is 0 Å². The van der Waals surface area contributed by atoms with Crippen LogP contribution in [0.2, 0.25) is 0 Å². The summed E-state index contributed by atoms with van der Waals surface area (Å²) in [5.41, 5.74) is 2.99. The monoisotopic (exact) mass is 473 g/mol. The van der Waals surface area contributed by atoms with E-state index in [1.54, 1.807) is 36.2 Å². The Labute approximate surface area is 206 Å². The number of ether oxygens (including phenoxy) is 2. The molecule has 0 bridgehead atoms. The van der Waals surface area contributed by atoms with Crippen molar-refractivity contribution in [1.29, 1.82) is 0 Å². The maximum atomic E-state index is 12.8. The predicted octanol–water partition coefficient (Wildman–Crippen LogP) is 4.57. The van der Waals surface area contributed by atoms with E-state index in [0.717, 1.165) is 25.0 Å². The molecule has 1 aliphatic rings. The average Bonchev–Trinajstić information content (AvgIpc) is 3.41. The van der Waals surface area contributed by atoms with Crippen molar-refractivity contribution in [2.45, 2.75) is 25.5 Å². The van der Waals surface area contributed by atoms with Crippen molar-refractivity contribution in [3.63, 3.8) is 0 Å².